The maximum atomic E-state index is 13.0. The summed E-state index contributed by atoms with van der Waals surface area (Å²) in [6.07, 6.45) is 0.413. The Balaban J connectivity index is 2.02. The lowest BCUT2D eigenvalue weighted by atomic mass is 10.3. The fourth-order valence-electron chi connectivity index (χ4n) is 2.83. The maximum absolute atomic E-state index is 13.0. The molecule has 3 rings (SSSR count). The van der Waals surface area contributed by atoms with E-state index in [9.17, 15) is 13.2 Å². The van der Waals surface area contributed by atoms with Crippen LogP contribution in [-0.2, 0) is 19.6 Å². The van der Waals surface area contributed by atoms with Crippen molar-refractivity contribution >= 4 is 21.8 Å². The Morgan fingerprint density at radius 3 is 2.31 bits per heavy atom. The summed E-state index contributed by atoms with van der Waals surface area (Å²) in [4.78, 5) is 19.5. The Hall–Kier alpha value is -4.06. The fourth-order valence-corrected chi connectivity index (χ4v) is 3.84. The highest BCUT2D eigenvalue weighted by Gasteiger charge is 2.24. The molecule has 186 valence electrons. The van der Waals surface area contributed by atoms with Crippen molar-refractivity contribution in [2.45, 2.75) is 31.5 Å². The van der Waals surface area contributed by atoms with E-state index in [1.807, 2.05) is 0 Å². The summed E-state index contributed by atoms with van der Waals surface area (Å²) in [5.74, 6) is 0.294. The summed E-state index contributed by atoms with van der Waals surface area (Å²) in [7, 11) is -1.10. The van der Waals surface area contributed by atoms with Crippen LogP contribution < -0.4 is 23.7 Å². The SMILES string of the molecule is CCC(OC(C)=O)Oc1ncnc(NS(=O)(=O)c2ccc(OC)cc2)c1Oc1cccc(OC)c1. The average molecular weight is 504 g/mol. The Labute approximate surface area is 203 Å². The lowest BCUT2D eigenvalue weighted by Crippen LogP contribution is -2.23. The molecule has 0 bridgehead atoms. The van der Waals surface area contributed by atoms with Crippen LogP contribution in [0.4, 0.5) is 5.82 Å². The molecule has 1 atom stereocenters. The number of methoxy groups -OCH3 is 2. The predicted molar refractivity (Wildman–Crippen MR) is 125 cm³/mol. The summed E-state index contributed by atoms with van der Waals surface area (Å²) >= 11 is 0. The number of carbonyl (C=O) groups is 1. The van der Waals surface area contributed by atoms with Crippen molar-refractivity contribution in [2.24, 2.45) is 0 Å². The zero-order chi connectivity index (χ0) is 25.4. The van der Waals surface area contributed by atoms with E-state index in [1.165, 1.54) is 45.4 Å². The minimum atomic E-state index is -4.08. The van der Waals surface area contributed by atoms with Crippen molar-refractivity contribution in [1.82, 2.24) is 9.97 Å². The van der Waals surface area contributed by atoms with Crippen LogP contribution in [0, 0.1) is 0 Å². The highest BCUT2D eigenvalue weighted by molar-refractivity contribution is 7.92. The second kappa shape index (κ2) is 11.4. The molecule has 1 N–H and O–H groups in total. The number of hydrogen-bond acceptors (Lipinski definition) is 10. The molecule has 12 heteroatoms. The highest BCUT2D eigenvalue weighted by Crippen LogP contribution is 2.38. The number of aromatic nitrogens is 2. The highest BCUT2D eigenvalue weighted by atomic mass is 32.2. The summed E-state index contributed by atoms with van der Waals surface area (Å²) in [5.41, 5.74) is 0. The number of benzene rings is 2. The van der Waals surface area contributed by atoms with Gasteiger partial charge in [-0.3, -0.25) is 9.52 Å². The van der Waals surface area contributed by atoms with Crippen LogP contribution >= 0.6 is 0 Å². The zero-order valence-corrected chi connectivity index (χ0v) is 20.4. The molecule has 2 aromatic carbocycles. The fraction of sp³-hybridized carbons (Fsp3) is 0.261. The van der Waals surface area contributed by atoms with Crippen LogP contribution in [0.15, 0.2) is 59.8 Å². The van der Waals surface area contributed by atoms with E-state index >= 15 is 0 Å². The molecule has 0 spiro atoms. The molecule has 1 unspecified atom stereocenters. The van der Waals surface area contributed by atoms with E-state index < -0.39 is 22.3 Å². The third kappa shape index (κ3) is 6.73. The van der Waals surface area contributed by atoms with E-state index in [4.69, 9.17) is 23.7 Å². The second-order valence-electron chi connectivity index (χ2n) is 6.98. The first-order valence-electron chi connectivity index (χ1n) is 10.4. The van der Waals surface area contributed by atoms with Crippen molar-refractivity contribution in [3.8, 4) is 28.9 Å². The van der Waals surface area contributed by atoms with E-state index in [1.54, 1.807) is 31.2 Å². The molecular formula is C23H25N3O8S. The molecule has 0 fully saturated rings. The lowest BCUT2D eigenvalue weighted by Gasteiger charge is -2.20. The number of nitrogens with one attached hydrogen (secondary N) is 1. The van der Waals surface area contributed by atoms with Gasteiger partial charge in [-0.15, -0.1) is 0 Å². The van der Waals surface area contributed by atoms with Gasteiger partial charge in [0.15, 0.2) is 5.82 Å². The molecule has 0 radical (unpaired) electrons. The van der Waals surface area contributed by atoms with E-state index in [0.29, 0.717) is 23.7 Å². The first-order chi connectivity index (χ1) is 16.7. The zero-order valence-electron chi connectivity index (χ0n) is 19.5. The molecule has 0 amide bonds. The van der Waals surface area contributed by atoms with Gasteiger partial charge in [-0.05, 0) is 36.4 Å². The Bertz CT molecular complexity index is 1270. The smallest absolute Gasteiger partial charge is 0.305 e. The van der Waals surface area contributed by atoms with Gasteiger partial charge in [-0.25, -0.2) is 13.4 Å². The number of rotatable bonds is 11. The van der Waals surface area contributed by atoms with Gasteiger partial charge in [0, 0.05) is 19.4 Å². The molecule has 0 saturated carbocycles. The first kappa shape index (κ1) is 25.6. The van der Waals surface area contributed by atoms with Crippen LogP contribution in [0.25, 0.3) is 0 Å². The average Bonchev–Trinajstić information content (AvgIpc) is 2.85. The van der Waals surface area contributed by atoms with Crippen LogP contribution in [0.3, 0.4) is 0 Å². The van der Waals surface area contributed by atoms with E-state index in [2.05, 4.69) is 14.7 Å². The van der Waals surface area contributed by atoms with Gasteiger partial charge in [0.05, 0.1) is 19.1 Å². The largest absolute Gasteiger partial charge is 0.497 e. The number of carbonyl (C=O) groups excluding carboxylic acids is 1. The Kier molecular flexibility index (Phi) is 8.31. The lowest BCUT2D eigenvalue weighted by molar-refractivity contribution is -0.161. The number of esters is 1. The molecule has 1 heterocycles. The van der Waals surface area contributed by atoms with Gasteiger partial charge in [0.2, 0.25) is 12.0 Å². The molecule has 3 aromatic rings. The Morgan fingerprint density at radius 2 is 1.69 bits per heavy atom. The normalized spacial score (nSPS) is 11.8. The topological polar surface area (TPSA) is 135 Å². The van der Waals surface area contributed by atoms with E-state index in [-0.39, 0.29) is 22.3 Å². The standard InChI is InChI=1S/C23H25N3O8S/c1-5-20(32-15(2)27)34-23-21(33-18-8-6-7-17(13-18)31-4)22(24-14-25-23)26-35(28,29)19-11-9-16(30-3)10-12-19/h6-14,20H,5H2,1-4H3,(H,24,25,26). The first-order valence-corrected chi connectivity index (χ1v) is 11.9. The molecule has 35 heavy (non-hydrogen) atoms. The molecule has 1 aromatic heterocycles. The summed E-state index contributed by atoms with van der Waals surface area (Å²) in [5, 5.41) is 0. The van der Waals surface area contributed by atoms with Gasteiger partial charge in [-0.1, -0.05) is 13.0 Å². The van der Waals surface area contributed by atoms with Gasteiger partial charge in [0.1, 0.15) is 23.6 Å². The van der Waals surface area contributed by atoms with Gasteiger partial charge >= 0.3 is 5.97 Å². The molecule has 0 aliphatic carbocycles. The van der Waals surface area contributed by atoms with Crippen molar-refractivity contribution < 1.29 is 36.9 Å². The van der Waals surface area contributed by atoms with Crippen LogP contribution in [0.1, 0.15) is 20.3 Å². The van der Waals surface area contributed by atoms with Crippen LogP contribution in [-0.4, -0.2) is 44.9 Å². The third-order valence-electron chi connectivity index (χ3n) is 4.51. The molecular weight excluding hydrogens is 478 g/mol. The minimum absolute atomic E-state index is 0.0296. The van der Waals surface area contributed by atoms with Gasteiger partial charge < -0.3 is 23.7 Å². The molecule has 0 saturated heterocycles. The number of anilines is 1. The molecule has 11 nitrogen and oxygen atoms in total. The van der Waals surface area contributed by atoms with Crippen molar-refractivity contribution in [3.63, 3.8) is 0 Å². The van der Waals surface area contributed by atoms with Crippen molar-refractivity contribution in [3.05, 3.63) is 54.9 Å². The number of hydrogen-bond donors (Lipinski definition) is 1. The molecule has 0 aliphatic rings. The predicted octanol–water partition coefficient (Wildman–Crippen LogP) is 3.76. The maximum Gasteiger partial charge on any atom is 0.305 e. The number of ether oxygens (including phenoxy) is 5. The van der Waals surface area contributed by atoms with E-state index in [0.717, 1.165) is 6.33 Å². The monoisotopic (exact) mass is 503 g/mol. The third-order valence-corrected chi connectivity index (χ3v) is 5.86. The number of sulfonamides is 1. The second-order valence-corrected chi connectivity index (χ2v) is 8.67. The Morgan fingerprint density at radius 1 is 1.00 bits per heavy atom. The van der Waals surface area contributed by atoms with Crippen LogP contribution in [0.2, 0.25) is 0 Å². The quantitative estimate of drug-likeness (QED) is 0.304. The van der Waals surface area contributed by atoms with Crippen LogP contribution in [0.5, 0.6) is 28.9 Å². The summed E-state index contributed by atoms with van der Waals surface area (Å²) in [6.45, 7) is 2.98. The number of nitrogens with zero attached hydrogens (tertiary/aromatic N) is 2. The van der Waals surface area contributed by atoms with Crippen molar-refractivity contribution in [2.75, 3.05) is 18.9 Å². The van der Waals surface area contributed by atoms with Crippen molar-refractivity contribution in [1.29, 1.82) is 0 Å². The molecule has 0 aliphatic heterocycles. The van der Waals surface area contributed by atoms with Gasteiger partial charge in [-0.2, -0.15) is 4.98 Å². The summed E-state index contributed by atoms with van der Waals surface area (Å²) in [6, 6.07) is 12.4. The van der Waals surface area contributed by atoms with Gasteiger partial charge in [0.25, 0.3) is 15.9 Å². The minimum Gasteiger partial charge on any atom is -0.497 e. The summed E-state index contributed by atoms with van der Waals surface area (Å²) < 4.78 is 55.6.